The van der Waals surface area contributed by atoms with Crippen LogP contribution in [-0.4, -0.2) is 9.55 Å². The van der Waals surface area contributed by atoms with Crippen molar-refractivity contribution in [3.8, 4) is 17.1 Å². The summed E-state index contributed by atoms with van der Waals surface area (Å²) in [6, 6.07) is 23.5. The lowest BCUT2D eigenvalue weighted by Gasteiger charge is -2.13. The van der Waals surface area contributed by atoms with Crippen LogP contribution < -0.4 is 11.0 Å². The molecule has 5 rings (SSSR count). The number of nitrogens with zero attached hydrogens (tertiary/aromatic N) is 2. The number of hydrogen-bond donors (Lipinski definition) is 0. The van der Waals surface area contributed by atoms with Crippen LogP contribution in [0.5, 0.6) is 0 Å². The summed E-state index contributed by atoms with van der Waals surface area (Å²) in [4.78, 5) is 31.2. The zero-order chi connectivity index (χ0) is 20.0. The Kier molecular flexibility index (Phi) is 4.14. The summed E-state index contributed by atoms with van der Waals surface area (Å²) < 4.78 is 8.22. The minimum atomic E-state index is -0.460. The van der Waals surface area contributed by atoms with Crippen LogP contribution in [0.3, 0.4) is 0 Å². The minimum Gasteiger partial charge on any atom is -0.437 e. The van der Waals surface area contributed by atoms with Gasteiger partial charge in [0.25, 0.3) is 5.56 Å². The molecule has 2 heterocycles. The summed E-state index contributed by atoms with van der Waals surface area (Å²) in [6.45, 7) is 0. The van der Waals surface area contributed by atoms with E-state index in [1.165, 1.54) is 4.57 Å². The lowest BCUT2D eigenvalue weighted by Crippen LogP contribution is -2.26. The van der Waals surface area contributed by atoms with Crippen molar-refractivity contribution in [1.29, 1.82) is 0 Å². The second-order valence-corrected chi connectivity index (χ2v) is 7.44. The van der Waals surface area contributed by atoms with Crippen LogP contribution in [0.4, 0.5) is 0 Å². The molecule has 0 aliphatic rings. The first-order valence-electron chi connectivity index (χ1n) is 8.93. The van der Waals surface area contributed by atoms with E-state index in [0.717, 1.165) is 10.0 Å². The maximum atomic E-state index is 13.5. The Morgan fingerprint density at radius 3 is 2.28 bits per heavy atom. The summed E-state index contributed by atoms with van der Waals surface area (Å²) >= 11 is 3.42. The van der Waals surface area contributed by atoms with E-state index in [4.69, 9.17) is 4.42 Å². The van der Waals surface area contributed by atoms with Crippen LogP contribution in [0.25, 0.3) is 39.1 Å². The van der Waals surface area contributed by atoms with Gasteiger partial charge in [-0.3, -0.25) is 14.2 Å². The third-order valence-electron chi connectivity index (χ3n) is 4.73. The van der Waals surface area contributed by atoms with E-state index in [2.05, 4.69) is 20.9 Å². The number of benzene rings is 3. The number of para-hydroxylation sites is 2. The van der Waals surface area contributed by atoms with Crippen LogP contribution in [0, 0.1) is 0 Å². The van der Waals surface area contributed by atoms with Crippen LogP contribution >= 0.6 is 15.9 Å². The van der Waals surface area contributed by atoms with Crippen LogP contribution in [-0.2, 0) is 0 Å². The molecule has 0 amide bonds. The summed E-state index contributed by atoms with van der Waals surface area (Å²) in [5, 5.41) is 0.295. The minimum absolute atomic E-state index is 0.0313. The highest BCUT2D eigenvalue weighted by Gasteiger charge is 2.19. The molecule has 0 spiro atoms. The maximum Gasteiger partial charge on any atom is 0.273 e. The largest absolute Gasteiger partial charge is 0.437 e. The monoisotopic (exact) mass is 444 g/mol. The Morgan fingerprint density at radius 2 is 1.52 bits per heavy atom. The number of rotatable bonds is 2. The molecule has 29 heavy (non-hydrogen) atoms. The molecule has 0 aliphatic heterocycles. The Hall–Kier alpha value is -3.51. The number of halogens is 1. The first-order valence-corrected chi connectivity index (χ1v) is 9.73. The highest BCUT2D eigenvalue weighted by atomic mass is 79.9. The van der Waals surface area contributed by atoms with E-state index < -0.39 is 5.56 Å². The molecule has 0 unspecified atom stereocenters. The summed E-state index contributed by atoms with van der Waals surface area (Å²) in [5.74, 6) is 0.402. The predicted molar refractivity (Wildman–Crippen MR) is 117 cm³/mol. The molecule has 0 saturated heterocycles. The van der Waals surface area contributed by atoms with Gasteiger partial charge in [-0.2, -0.15) is 4.98 Å². The van der Waals surface area contributed by atoms with Gasteiger partial charge in [0.2, 0.25) is 11.1 Å². The highest BCUT2D eigenvalue weighted by molar-refractivity contribution is 9.10. The van der Waals surface area contributed by atoms with Crippen LogP contribution in [0.1, 0.15) is 0 Å². The molecule has 3 aromatic carbocycles. The second kappa shape index (κ2) is 6.83. The maximum absolute atomic E-state index is 13.5. The Bertz CT molecular complexity index is 1490. The van der Waals surface area contributed by atoms with Gasteiger partial charge in [-0.1, -0.05) is 58.4 Å². The standard InChI is InChI=1S/C23H13BrN2O3/c24-15-12-10-14(11-13-15)21-25-22-19(20(27)17-8-4-5-9-18(17)29-22)23(28)26(21)16-6-2-1-3-7-16/h1-13H. The van der Waals surface area contributed by atoms with Gasteiger partial charge in [0, 0.05) is 10.0 Å². The van der Waals surface area contributed by atoms with Crippen LogP contribution in [0.15, 0.2) is 97.3 Å². The van der Waals surface area contributed by atoms with Gasteiger partial charge < -0.3 is 4.42 Å². The predicted octanol–water partition coefficient (Wildman–Crippen LogP) is 4.92. The molecule has 6 heteroatoms. The molecule has 0 radical (unpaired) electrons. The smallest absolute Gasteiger partial charge is 0.273 e. The molecule has 140 valence electrons. The first kappa shape index (κ1) is 17.6. The molecule has 5 nitrogen and oxygen atoms in total. The van der Waals surface area contributed by atoms with Crippen molar-refractivity contribution in [2.24, 2.45) is 0 Å². The molecule has 5 aromatic rings. The van der Waals surface area contributed by atoms with E-state index in [1.54, 1.807) is 36.4 Å². The van der Waals surface area contributed by atoms with Crippen molar-refractivity contribution in [1.82, 2.24) is 9.55 Å². The average molecular weight is 445 g/mol. The molecular formula is C23H13BrN2O3. The fourth-order valence-electron chi connectivity index (χ4n) is 3.36. The Morgan fingerprint density at radius 1 is 0.828 bits per heavy atom. The third kappa shape index (κ3) is 2.89. The zero-order valence-corrected chi connectivity index (χ0v) is 16.6. The fourth-order valence-corrected chi connectivity index (χ4v) is 3.63. The molecule has 2 aromatic heterocycles. The van der Waals surface area contributed by atoms with E-state index in [9.17, 15) is 9.59 Å². The van der Waals surface area contributed by atoms with Crippen molar-refractivity contribution in [2.45, 2.75) is 0 Å². The van der Waals surface area contributed by atoms with Gasteiger partial charge >= 0.3 is 0 Å². The van der Waals surface area contributed by atoms with E-state index in [-0.39, 0.29) is 16.5 Å². The molecule has 0 bridgehead atoms. The Labute approximate surface area is 173 Å². The first-order chi connectivity index (χ1) is 14.1. The summed E-state index contributed by atoms with van der Waals surface area (Å²) in [5.41, 5.74) is 0.939. The SMILES string of the molecule is O=c1c2ccccc2oc2nc(-c3ccc(Br)cc3)n(-c3ccccc3)c(=O)c12. The number of aromatic nitrogens is 2. The Balaban J connectivity index is 1.97. The van der Waals surface area contributed by atoms with Crippen molar-refractivity contribution >= 4 is 38.0 Å². The number of fused-ring (bicyclic) bond motifs is 2. The zero-order valence-electron chi connectivity index (χ0n) is 15.0. The molecule has 0 aliphatic carbocycles. The lowest BCUT2D eigenvalue weighted by molar-refractivity contribution is 0.641. The average Bonchev–Trinajstić information content (AvgIpc) is 2.75. The quantitative estimate of drug-likeness (QED) is 0.362. The number of hydrogen-bond acceptors (Lipinski definition) is 4. The second-order valence-electron chi connectivity index (χ2n) is 6.53. The fraction of sp³-hybridized carbons (Fsp3) is 0. The van der Waals surface area contributed by atoms with Gasteiger partial charge in [-0.15, -0.1) is 0 Å². The van der Waals surface area contributed by atoms with Crippen LogP contribution in [0.2, 0.25) is 0 Å². The normalized spacial score (nSPS) is 11.2. The topological polar surface area (TPSA) is 65.1 Å². The van der Waals surface area contributed by atoms with E-state index in [1.807, 2.05) is 42.5 Å². The summed E-state index contributed by atoms with van der Waals surface area (Å²) in [7, 11) is 0. The van der Waals surface area contributed by atoms with Gasteiger partial charge in [0.15, 0.2) is 11.2 Å². The van der Waals surface area contributed by atoms with Gasteiger partial charge in [0.1, 0.15) is 5.58 Å². The van der Waals surface area contributed by atoms with Gasteiger partial charge in [-0.25, -0.2) is 0 Å². The molecule has 0 atom stereocenters. The van der Waals surface area contributed by atoms with Gasteiger partial charge in [-0.05, 0) is 36.4 Å². The van der Waals surface area contributed by atoms with Gasteiger partial charge in [0.05, 0.1) is 11.1 Å². The van der Waals surface area contributed by atoms with Crippen molar-refractivity contribution < 1.29 is 4.42 Å². The van der Waals surface area contributed by atoms with Crippen molar-refractivity contribution in [3.05, 3.63) is 104 Å². The molecule has 0 N–H and O–H groups in total. The van der Waals surface area contributed by atoms with E-state index in [0.29, 0.717) is 22.5 Å². The lowest BCUT2D eigenvalue weighted by atomic mass is 10.1. The molecular weight excluding hydrogens is 432 g/mol. The summed E-state index contributed by atoms with van der Waals surface area (Å²) in [6.07, 6.45) is 0. The van der Waals surface area contributed by atoms with Crippen molar-refractivity contribution in [3.63, 3.8) is 0 Å². The third-order valence-corrected chi connectivity index (χ3v) is 5.26. The van der Waals surface area contributed by atoms with Crippen molar-refractivity contribution in [2.75, 3.05) is 0 Å². The highest BCUT2D eigenvalue weighted by Crippen LogP contribution is 2.24. The molecule has 0 saturated carbocycles. The van der Waals surface area contributed by atoms with E-state index >= 15 is 0 Å². The molecule has 0 fully saturated rings.